The number of rotatable bonds is 5. The quantitative estimate of drug-likeness (QED) is 0.634. The molecule has 2 saturated heterocycles. The van der Waals surface area contributed by atoms with Crippen molar-refractivity contribution in [1.29, 1.82) is 0 Å². The molecule has 4 amide bonds. The molecule has 1 N–H and O–H groups in total. The zero-order valence-corrected chi connectivity index (χ0v) is 20.0. The average Bonchev–Trinajstić information content (AvgIpc) is 3.19. The van der Waals surface area contributed by atoms with Crippen molar-refractivity contribution in [2.75, 3.05) is 33.3 Å². The number of ether oxygens (including phenoxy) is 1. The number of piperazine rings is 1. The van der Waals surface area contributed by atoms with Gasteiger partial charge in [0.1, 0.15) is 17.6 Å². The van der Waals surface area contributed by atoms with Crippen LogP contribution in [-0.2, 0) is 22.7 Å². The topological polar surface area (TPSA) is 99.3 Å². The predicted molar refractivity (Wildman–Crippen MR) is 127 cm³/mol. The summed E-state index contributed by atoms with van der Waals surface area (Å²) in [6, 6.07) is 8.79. The number of imide groups is 1. The van der Waals surface area contributed by atoms with Crippen LogP contribution < -0.4 is 10.1 Å². The molecule has 1 unspecified atom stereocenters. The molecule has 0 bridgehead atoms. The Hall–Kier alpha value is -3.79. The van der Waals surface area contributed by atoms with Crippen molar-refractivity contribution in [2.45, 2.75) is 32.0 Å². The molecule has 3 aliphatic rings. The van der Waals surface area contributed by atoms with Gasteiger partial charge in [-0.05, 0) is 48.4 Å². The number of methoxy groups -OCH3 is 1. The Morgan fingerprint density at radius 3 is 2.58 bits per heavy atom. The summed E-state index contributed by atoms with van der Waals surface area (Å²) in [5.41, 5.74) is 2.44. The fraction of sp³-hybridized carbons (Fsp3) is 0.385. The monoisotopic (exact) mass is 494 g/mol. The molecule has 9 nitrogen and oxygen atoms in total. The molecule has 5 rings (SSSR count). The molecule has 3 aliphatic heterocycles. The second-order valence-electron chi connectivity index (χ2n) is 9.30. The Kier molecular flexibility index (Phi) is 6.44. The summed E-state index contributed by atoms with van der Waals surface area (Å²) in [7, 11) is 1.56. The first kappa shape index (κ1) is 23.9. The lowest BCUT2D eigenvalue weighted by Gasteiger charge is -2.35. The second-order valence-corrected chi connectivity index (χ2v) is 9.30. The van der Waals surface area contributed by atoms with E-state index in [2.05, 4.69) is 10.2 Å². The Morgan fingerprint density at radius 1 is 1.08 bits per heavy atom. The maximum Gasteiger partial charge on any atom is 0.255 e. The molecular formula is C26H27FN4O5. The van der Waals surface area contributed by atoms with E-state index >= 15 is 0 Å². The molecule has 0 radical (unpaired) electrons. The first-order valence-electron chi connectivity index (χ1n) is 12.0. The number of nitrogens with one attached hydrogen (secondary N) is 1. The summed E-state index contributed by atoms with van der Waals surface area (Å²) in [6.45, 7) is 3.07. The fourth-order valence-corrected chi connectivity index (χ4v) is 5.11. The van der Waals surface area contributed by atoms with E-state index in [1.165, 1.54) is 17.0 Å². The van der Waals surface area contributed by atoms with Gasteiger partial charge in [-0.25, -0.2) is 4.39 Å². The number of carbonyl (C=O) groups excluding carboxylic acids is 4. The molecule has 3 heterocycles. The highest BCUT2D eigenvalue weighted by atomic mass is 19.1. The van der Waals surface area contributed by atoms with Gasteiger partial charge in [0.05, 0.1) is 7.11 Å². The SMILES string of the molecule is COc1ccc(F)cc1CN1CCN(C(=O)c2ccc3c(c2)CN(C2CCC(=O)NC2=O)C3=O)CC1. The minimum Gasteiger partial charge on any atom is -0.496 e. The van der Waals surface area contributed by atoms with Gasteiger partial charge in [0.2, 0.25) is 11.8 Å². The first-order chi connectivity index (χ1) is 17.3. The van der Waals surface area contributed by atoms with Crippen LogP contribution in [0.1, 0.15) is 44.7 Å². The number of amides is 4. The van der Waals surface area contributed by atoms with E-state index in [9.17, 15) is 23.6 Å². The van der Waals surface area contributed by atoms with E-state index < -0.39 is 11.9 Å². The molecule has 2 aromatic rings. The number of carbonyl (C=O) groups is 4. The van der Waals surface area contributed by atoms with Gasteiger partial charge >= 0.3 is 0 Å². The summed E-state index contributed by atoms with van der Waals surface area (Å²) in [4.78, 5) is 55.2. The van der Waals surface area contributed by atoms with E-state index in [4.69, 9.17) is 4.74 Å². The van der Waals surface area contributed by atoms with Crippen LogP contribution in [0.3, 0.4) is 0 Å². The zero-order valence-electron chi connectivity index (χ0n) is 20.0. The number of fused-ring (bicyclic) bond motifs is 1. The fourth-order valence-electron chi connectivity index (χ4n) is 5.11. The highest BCUT2D eigenvalue weighted by Gasteiger charge is 2.39. The van der Waals surface area contributed by atoms with Crippen LogP contribution in [0, 0.1) is 5.82 Å². The number of hydrogen-bond donors (Lipinski definition) is 1. The van der Waals surface area contributed by atoms with Crippen molar-refractivity contribution in [3.63, 3.8) is 0 Å². The molecule has 188 valence electrons. The third-order valence-electron chi connectivity index (χ3n) is 7.07. The first-order valence-corrected chi connectivity index (χ1v) is 12.0. The summed E-state index contributed by atoms with van der Waals surface area (Å²) in [5.74, 6) is -0.853. The van der Waals surface area contributed by atoms with Crippen molar-refractivity contribution in [2.24, 2.45) is 0 Å². The lowest BCUT2D eigenvalue weighted by atomic mass is 10.0. The van der Waals surface area contributed by atoms with Gasteiger partial charge in [-0.1, -0.05) is 0 Å². The van der Waals surface area contributed by atoms with Crippen LogP contribution >= 0.6 is 0 Å². The Bertz CT molecular complexity index is 1240. The summed E-state index contributed by atoms with van der Waals surface area (Å²) in [6.07, 6.45) is 0.486. The third-order valence-corrected chi connectivity index (χ3v) is 7.07. The summed E-state index contributed by atoms with van der Waals surface area (Å²) >= 11 is 0. The van der Waals surface area contributed by atoms with Crippen LogP contribution in [-0.4, -0.2) is 77.7 Å². The van der Waals surface area contributed by atoms with Crippen LogP contribution in [0.25, 0.3) is 0 Å². The molecular weight excluding hydrogens is 467 g/mol. The number of piperidine rings is 1. The molecule has 2 aromatic carbocycles. The van der Waals surface area contributed by atoms with E-state index in [1.54, 1.807) is 36.3 Å². The number of nitrogens with zero attached hydrogens (tertiary/aromatic N) is 3. The minimum absolute atomic E-state index is 0.118. The van der Waals surface area contributed by atoms with Gasteiger partial charge in [0.15, 0.2) is 0 Å². The molecule has 0 spiro atoms. The van der Waals surface area contributed by atoms with Crippen molar-refractivity contribution in [3.05, 3.63) is 64.5 Å². The van der Waals surface area contributed by atoms with Gasteiger partial charge in [0.25, 0.3) is 11.8 Å². The van der Waals surface area contributed by atoms with Crippen LogP contribution in [0.15, 0.2) is 36.4 Å². The number of benzene rings is 2. The van der Waals surface area contributed by atoms with E-state index in [-0.39, 0.29) is 36.5 Å². The molecule has 1 atom stereocenters. The Morgan fingerprint density at radius 2 is 1.86 bits per heavy atom. The largest absolute Gasteiger partial charge is 0.496 e. The molecule has 2 fully saturated rings. The molecule has 36 heavy (non-hydrogen) atoms. The van der Waals surface area contributed by atoms with E-state index in [0.29, 0.717) is 61.6 Å². The van der Waals surface area contributed by atoms with Crippen molar-refractivity contribution in [1.82, 2.24) is 20.0 Å². The standard InChI is InChI=1S/C26H27FN4O5/c1-36-22-6-3-19(27)13-18(22)14-29-8-10-30(11-9-29)25(34)16-2-4-20-17(12-16)15-31(26(20)35)21-5-7-23(32)28-24(21)33/h2-4,6,12-13,21H,5,7-11,14-15H2,1H3,(H,28,32,33). The average molecular weight is 495 g/mol. The summed E-state index contributed by atoms with van der Waals surface area (Å²) in [5, 5.41) is 2.29. The van der Waals surface area contributed by atoms with E-state index in [1.807, 2.05) is 0 Å². The van der Waals surface area contributed by atoms with Gasteiger partial charge in [0, 0.05) is 62.4 Å². The lowest BCUT2D eigenvalue weighted by Crippen LogP contribution is -2.52. The smallest absolute Gasteiger partial charge is 0.255 e. The van der Waals surface area contributed by atoms with E-state index in [0.717, 1.165) is 5.56 Å². The summed E-state index contributed by atoms with van der Waals surface area (Å²) < 4.78 is 19.0. The highest BCUT2D eigenvalue weighted by Crippen LogP contribution is 2.29. The van der Waals surface area contributed by atoms with Crippen LogP contribution in [0.5, 0.6) is 5.75 Å². The zero-order chi connectivity index (χ0) is 25.4. The molecule has 0 aliphatic carbocycles. The second kappa shape index (κ2) is 9.69. The normalized spacial score (nSPS) is 20.4. The maximum absolute atomic E-state index is 13.7. The van der Waals surface area contributed by atoms with Gasteiger partial charge in [-0.15, -0.1) is 0 Å². The third kappa shape index (κ3) is 4.56. The van der Waals surface area contributed by atoms with Crippen molar-refractivity contribution >= 4 is 23.6 Å². The van der Waals surface area contributed by atoms with Gasteiger partial charge in [-0.2, -0.15) is 0 Å². The minimum atomic E-state index is -0.688. The lowest BCUT2D eigenvalue weighted by molar-refractivity contribution is -0.136. The van der Waals surface area contributed by atoms with Crippen LogP contribution in [0.2, 0.25) is 0 Å². The number of halogens is 1. The Balaban J connectivity index is 1.22. The molecule has 0 aromatic heterocycles. The maximum atomic E-state index is 13.7. The molecule has 10 heteroatoms. The van der Waals surface area contributed by atoms with Gasteiger partial charge in [-0.3, -0.25) is 29.4 Å². The van der Waals surface area contributed by atoms with Crippen molar-refractivity contribution < 1.29 is 28.3 Å². The van der Waals surface area contributed by atoms with Gasteiger partial charge < -0.3 is 14.5 Å². The molecule has 0 saturated carbocycles. The predicted octanol–water partition coefficient (Wildman–Crippen LogP) is 1.55. The highest BCUT2D eigenvalue weighted by molar-refractivity contribution is 6.06. The van der Waals surface area contributed by atoms with Crippen LogP contribution in [0.4, 0.5) is 4.39 Å². The number of hydrogen-bond acceptors (Lipinski definition) is 6. The van der Waals surface area contributed by atoms with Crippen molar-refractivity contribution in [3.8, 4) is 5.75 Å². The Labute approximate surface area is 207 Å².